The van der Waals surface area contributed by atoms with E-state index in [2.05, 4.69) is 109 Å². The summed E-state index contributed by atoms with van der Waals surface area (Å²) in [6.45, 7) is 17.9. The number of anilines is 1. The Hall–Kier alpha value is -3.98. The molecule has 4 aromatic carbocycles. The number of nitrogens with one attached hydrogen (secondary N) is 1. The molecule has 2 unspecified atom stereocenters. The normalized spacial score (nSPS) is 12.8. The van der Waals surface area contributed by atoms with E-state index < -0.39 is 0 Å². The maximum absolute atomic E-state index is 13.4. The second-order valence-corrected chi connectivity index (χ2v) is 14.1. The lowest BCUT2D eigenvalue weighted by molar-refractivity contribution is -0.121. The van der Waals surface area contributed by atoms with Crippen molar-refractivity contribution in [1.29, 1.82) is 0 Å². The molecule has 0 saturated carbocycles. The summed E-state index contributed by atoms with van der Waals surface area (Å²) in [5.74, 6) is 0.260. The molecule has 238 valence electrons. The Morgan fingerprint density at radius 2 is 1.20 bits per heavy atom. The third kappa shape index (κ3) is 11.2. The third-order valence-corrected chi connectivity index (χ3v) is 8.58. The van der Waals surface area contributed by atoms with Crippen molar-refractivity contribution in [2.75, 3.05) is 5.32 Å². The van der Waals surface area contributed by atoms with Gasteiger partial charge in [-0.05, 0) is 84.7 Å². The van der Waals surface area contributed by atoms with Gasteiger partial charge in [-0.1, -0.05) is 139 Å². The van der Waals surface area contributed by atoms with Crippen molar-refractivity contribution in [3.63, 3.8) is 0 Å². The minimum Gasteiger partial charge on any atom is -0.326 e. The number of benzene rings is 4. The Morgan fingerprint density at radius 1 is 0.667 bits per heavy atom. The Labute approximate surface area is 272 Å². The van der Waals surface area contributed by atoms with Gasteiger partial charge in [-0.15, -0.1) is 0 Å². The second-order valence-electron chi connectivity index (χ2n) is 14.1. The lowest BCUT2D eigenvalue weighted by Gasteiger charge is -2.40. The lowest BCUT2D eigenvalue weighted by Crippen LogP contribution is -2.33. The summed E-state index contributed by atoms with van der Waals surface area (Å²) in [5.41, 5.74) is 6.12. The topological polar surface area (TPSA) is 46.2 Å². The first-order chi connectivity index (χ1) is 21.3. The molecule has 0 fully saturated rings. The molecule has 1 N–H and O–H groups in total. The fourth-order valence-electron chi connectivity index (χ4n) is 5.88. The third-order valence-electron chi connectivity index (χ3n) is 8.58. The average molecular weight is 604 g/mol. The van der Waals surface area contributed by atoms with Gasteiger partial charge in [-0.2, -0.15) is 0 Å². The number of amides is 1. The van der Waals surface area contributed by atoms with E-state index in [0.29, 0.717) is 17.0 Å². The van der Waals surface area contributed by atoms with Crippen molar-refractivity contribution in [1.82, 2.24) is 0 Å². The molecular formula is C42H53NO2. The van der Waals surface area contributed by atoms with Crippen LogP contribution in [-0.2, 0) is 11.2 Å². The molecule has 0 aliphatic carbocycles. The van der Waals surface area contributed by atoms with Gasteiger partial charge in [0.05, 0.1) is 0 Å². The summed E-state index contributed by atoms with van der Waals surface area (Å²) in [7, 11) is 0. The molecule has 1 amide bonds. The van der Waals surface area contributed by atoms with Crippen molar-refractivity contribution in [3.8, 4) is 0 Å². The number of rotatable bonds is 11. The Bertz CT molecular complexity index is 1460. The molecule has 45 heavy (non-hydrogen) atoms. The molecule has 0 aliphatic heterocycles. The van der Waals surface area contributed by atoms with Crippen molar-refractivity contribution in [3.05, 3.63) is 137 Å². The molecule has 0 saturated heterocycles. The largest absolute Gasteiger partial charge is 0.326 e. The predicted molar refractivity (Wildman–Crippen MR) is 191 cm³/mol. The summed E-state index contributed by atoms with van der Waals surface area (Å²) in [4.78, 5) is 26.1. The summed E-state index contributed by atoms with van der Waals surface area (Å²) >= 11 is 0. The van der Waals surface area contributed by atoms with Gasteiger partial charge in [0.2, 0.25) is 5.91 Å². The predicted octanol–water partition coefficient (Wildman–Crippen LogP) is 11.1. The van der Waals surface area contributed by atoms with Gasteiger partial charge in [-0.3, -0.25) is 9.59 Å². The SMILES string of the molecule is CCC(CC(C)(C)C(CC(C)(C)C)c1ccc(C)cc1)C(=O)Nc1ccc(C(=O)c2ccccc2)cc1.CCc1ccccc1. The molecule has 0 bridgehead atoms. The van der Waals surface area contributed by atoms with Crippen molar-refractivity contribution in [2.45, 2.75) is 87.0 Å². The Morgan fingerprint density at radius 3 is 1.69 bits per heavy atom. The average Bonchev–Trinajstić information content (AvgIpc) is 3.03. The van der Waals surface area contributed by atoms with E-state index >= 15 is 0 Å². The Kier molecular flexibility index (Phi) is 12.9. The minimum absolute atomic E-state index is 0.0207. The van der Waals surface area contributed by atoms with Crippen LogP contribution in [0.2, 0.25) is 0 Å². The molecule has 0 heterocycles. The number of carbonyl (C=O) groups excluding carboxylic acids is 2. The molecule has 2 atom stereocenters. The van der Waals surface area contributed by atoms with Crippen LogP contribution in [0.3, 0.4) is 0 Å². The number of hydrogen-bond donors (Lipinski definition) is 1. The van der Waals surface area contributed by atoms with Crippen molar-refractivity contribution in [2.24, 2.45) is 16.7 Å². The van der Waals surface area contributed by atoms with Crippen LogP contribution in [-0.4, -0.2) is 11.7 Å². The van der Waals surface area contributed by atoms with Crippen LogP contribution in [0.15, 0.2) is 109 Å². The second kappa shape index (κ2) is 16.4. The number of ketones is 1. The zero-order valence-corrected chi connectivity index (χ0v) is 28.7. The van der Waals surface area contributed by atoms with Crippen molar-refractivity contribution >= 4 is 17.4 Å². The van der Waals surface area contributed by atoms with E-state index in [4.69, 9.17) is 0 Å². The highest BCUT2D eigenvalue weighted by Gasteiger charge is 2.37. The number of aryl methyl sites for hydroxylation is 2. The van der Waals surface area contributed by atoms with E-state index in [9.17, 15) is 9.59 Å². The quantitative estimate of drug-likeness (QED) is 0.173. The first kappa shape index (κ1) is 35.5. The molecular weight excluding hydrogens is 550 g/mol. The summed E-state index contributed by atoms with van der Waals surface area (Å²) in [6, 6.07) is 35.8. The van der Waals surface area contributed by atoms with Gasteiger partial charge < -0.3 is 5.32 Å². The van der Waals surface area contributed by atoms with Crippen LogP contribution in [0, 0.1) is 23.7 Å². The lowest BCUT2D eigenvalue weighted by atomic mass is 9.64. The summed E-state index contributed by atoms with van der Waals surface area (Å²) in [6.07, 6.45) is 3.77. The number of hydrogen-bond acceptors (Lipinski definition) is 2. The first-order valence-corrected chi connectivity index (χ1v) is 16.4. The van der Waals surface area contributed by atoms with Gasteiger partial charge in [-0.25, -0.2) is 0 Å². The van der Waals surface area contributed by atoms with Gasteiger partial charge in [0, 0.05) is 22.7 Å². The molecule has 0 aliphatic rings. The van der Waals surface area contributed by atoms with E-state index in [1.165, 1.54) is 16.7 Å². The molecule has 3 heteroatoms. The molecule has 3 nitrogen and oxygen atoms in total. The highest BCUT2D eigenvalue weighted by Crippen LogP contribution is 2.47. The van der Waals surface area contributed by atoms with Gasteiger partial charge in [0.25, 0.3) is 0 Å². The van der Waals surface area contributed by atoms with Crippen LogP contribution in [0.5, 0.6) is 0 Å². The highest BCUT2D eigenvalue weighted by atomic mass is 16.2. The minimum atomic E-state index is -0.103. The van der Waals surface area contributed by atoms with Crippen LogP contribution >= 0.6 is 0 Å². The zero-order chi connectivity index (χ0) is 33.0. The fourth-order valence-corrected chi connectivity index (χ4v) is 5.88. The standard InChI is InChI=1S/C34H43NO2.C8H10/c1-8-25(22-34(6,7)30(23-33(3,4)5)26-16-14-24(2)15-17-26)32(37)35-29-20-18-28(19-21-29)31(36)27-12-10-9-11-13-27;1-2-8-6-4-3-5-7-8/h9-21,25,30H,8,22-23H2,1-7H3,(H,35,37);3-7H,2H2,1H3. The summed E-state index contributed by atoms with van der Waals surface area (Å²) in [5, 5.41) is 3.11. The Balaban J connectivity index is 0.000000598. The molecule has 4 rings (SSSR count). The molecule has 0 spiro atoms. The number of carbonyl (C=O) groups is 2. The van der Waals surface area contributed by atoms with Crippen LogP contribution < -0.4 is 5.32 Å². The van der Waals surface area contributed by atoms with Crippen LogP contribution in [0.25, 0.3) is 0 Å². The maximum atomic E-state index is 13.4. The van der Waals surface area contributed by atoms with E-state index in [1.807, 2.05) is 48.5 Å². The van der Waals surface area contributed by atoms with Crippen LogP contribution in [0.4, 0.5) is 5.69 Å². The van der Waals surface area contributed by atoms with E-state index in [-0.39, 0.29) is 28.4 Å². The monoisotopic (exact) mass is 603 g/mol. The fraction of sp³-hybridized carbons (Fsp3) is 0.381. The maximum Gasteiger partial charge on any atom is 0.227 e. The smallest absolute Gasteiger partial charge is 0.227 e. The first-order valence-electron chi connectivity index (χ1n) is 16.4. The van der Waals surface area contributed by atoms with Crippen molar-refractivity contribution < 1.29 is 9.59 Å². The molecule has 0 radical (unpaired) electrons. The van der Waals surface area contributed by atoms with E-state index in [1.54, 1.807) is 12.1 Å². The zero-order valence-electron chi connectivity index (χ0n) is 28.7. The molecule has 4 aromatic rings. The summed E-state index contributed by atoms with van der Waals surface area (Å²) < 4.78 is 0. The van der Waals surface area contributed by atoms with E-state index in [0.717, 1.165) is 31.4 Å². The van der Waals surface area contributed by atoms with Gasteiger partial charge >= 0.3 is 0 Å². The van der Waals surface area contributed by atoms with Crippen LogP contribution in [0.1, 0.15) is 106 Å². The van der Waals surface area contributed by atoms with Gasteiger partial charge in [0.15, 0.2) is 5.78 Å². The molecule has 0 aromatic heterocycles. The van der Waals surface area contributed by atoms with Gasteiger partial charge in [0.1, 0.15) is 0 Å². The highest BCUT2D eigenvalue weighted by molar-refractivity contribution is 6.09.